The van der Waals surface area contributed by atoms with Crippen LogP contribution in [0.4, 0.5) is 0 Å². The van der Waals surface area contributed by atoms with Crippen molar-refractivity contribution < 1.29 is 9.53 Å². The van der Waals surface area contributed by atoms with Crippen molar-refractivity contribution in [3.63, 3.8) is 0 Å². The second-order valence-corrected chi connectivity index (χ2v) is 6.40. The van der Waals surface area contributed by atoms with Gasteiger partial charge in [-0.25, -0.2) is 4.98 Å². The third-order valence-corrected chi connectivity index (χ3v) is 4.78. The lowest BCUT2D eigenvalue weighted by Gasteiger charge is -2.32. The molecule has 0 radical (unpaired) electrons. The van der Waals surface area contributed by atoms with Crippen molar-refractivity contribution in [1.82, 2.24) is 19.9 Å². The number of benzene rings is 1. The summed E-state index contributed by atoms with van der Waals surface area (Å²) < 4.78 is 5.24. The summed E-state index contributed by atoms with van der Waals surface area (Å²) in [6.07, 6.45) is 5.51. The van der Waals surface area contributed by atoms with Crippen molar-refractivity contribution in [2.45, 2.75) is 18.9 Å². The molecule has 1 unspecified atom stereocenters. The number of rotatable bonds is 4. The number of hydrogen-bond donors (Lipinski definition) is 1. The van der Waals surface area contributed by atoms with Gasteiger partial charge in [-0.05, 0) is 29.3 Å². The second kappa shape index (κ2) is 7.00. The number of hydrogen-bond acceptors (Lipinski definition) is 4. The van der Waals surface area contributed by atoms with Gasteiger partial charge in [0.25, 0.3) is 0 Å². The highest BCUT2D eigenvalue weighted by molar-refractivity contribution is 5.79. The Bertz CT molecular complexity index is 890. The van der Waals surface area contributed by atoms with E-state index in [1.165, 1.54) is 0 Å². The third kappa shape index (κ3) is 3.18. The molecule has 0 fully saturated rings. The van der Waals surface area contributed by atoms with Crippen molar-refractivity contribution in [2.24, 2.45) is 0 Å². The molecule has 1 aromatic carbocycles. The van der Waals surface area contributed by atoms with Crippen molar-refractivity contribution in [2.75, 3.05) is 13.7 Å². The predicted molar refractivity (Wildman–Crippen MR) is 96.8 cm³/mol. The molecule has 0 saturated heterocycles. The Balaban J connectivity index is 1.58. The Morgan fingerprint density at radius 3 is 2.88 bits per heavy atom. The quantitative estimate of drug-likeness (QED) is 0.786. The van der Waals surface area contributed by atoms with Crippen molar-refractivity contribution in [1.29, 1.82) is 0 Å². The maximum absolute atomic E-state index is 12.8. The maximum atomic E-state index is 12.8. The van der Waals surface area contributed by atoms with Crippen LogP contribution in [-0.2, 0) is 17.8 Å². The van der Waals surface area contributed by atoms with Crippen molar-refractivity contribution in [3.8, 4) is 5.75 Å². The molecule has 6 heteroatoms. The number of ether oxygens (including phenoxy) is 1. The zero-order valence-electron chi connectivity index (χ0n) is 14.6. The molecule has 1 atom stereocenters. The fraction of sp³-hybridized carbons (Fsp3) is 0.250. The van der Waals surface area contributed by atoms with Crippen molar-refractivity contribution >= 4 is 5.91 Å². The molecule has 3 heterocycles. The van der Waals surface area contributed by atoms with Gasteiger partial charge in [-0.15, -0.1) is 0 Å². The van der Waals surface area contributed by atoms with Gasteiger partial charge in [0.1, 0.15) is 5.75 Å². The number of fused-ring (bicyclic) bond motifs is 1. The molecule has 1 N–H and O–H groups in total. The number of nitrogens with one attached hydrogen (secondary N) is 1. The van der Waals surface area contributed by atoms with Gasteiger partial charge in [-0.3, -0.25) is 9.78 Å². The monoisotopic (exact) mass is 348 g/mol. The number of amides is 1. The zero-order valence-corrected chi connectivity index (χ0v) is 14.6. The second-order valence-electron chi connectivity index (χ2n) is 6.40. The number of aromatic nitrogens is 3. The van der Waals surface area contributed by atoms with Gasteiger partial charge in [0, 0.05) is 24.9 Å². The fourth-order valence-electron chi connectivity index (χ4n) is 3.40. The van der Waals surface area contributed by atoms with Gasteiger partial charge in [-0.1, -0.05) is 18.2 Å². The molecule has 3 aromatic rings. The Morgan fingerprint density at radius 1 is 1.31 bits per heavy atom. The number of methoxy groups -OCH3 is 1. The first-order chi connectivity index (χ1) is 12.7. The largest absolute Gasteiger partial charge is 0.497 e. The minimum absolute atomic E-state index is 0.0498. The van der Waals surface area contributed by atoms with E-state index >= 15 is 0 Å². The highest BCUT2D eigenvalue weighted by Gasteiger charge is 2.31. The topological polar surface area (TPSA) is 71.1 Å². The first kappa shape index (κ1) is 16.3. The minimum atomic E-state index is 0.0498. The molecule has 132 valence electrons. The van der Waals surface area contributed by atoms with Crippen LogP contribution < -0.4 is 4.74 Å². The van der Waals surface area contributed by atoms with E-state index in [1.807, 2.05) is 41.3 Å². The molecule has 2 aromatic heterocycles. The van der Waals surface area contributed by atoms with Crippen LogP contribution in [0.15, 0.2) is 55.1 Å². The summed E-state index contributed by atoms with van der Waals surface area (Å²) in [6, 6.07) is 11.7. The molecule has 1 aliphatic rings. The highest BCUT2D eigenvalue weighted by Crippen LogP contribution is 2.32. The minimum Gasteiger partial charge on any atom is -0.497 e. The van der Waals surface area contributed by atoms with Gasteiger partial charge in [0.15, 0.2) is 0 Å². The van der Waals surface area contributed by atoms with Crippen LogP contribution in [0.3, 0.4) is 0 Å². The fourth-order valence-corrected chi connectivity index (χ4v) is 3.40. The molecule has 26 heavy (non-hydrogen) atoms. The van der Waals surface area contributed by atoms with Crippen molar-refractivity contribution in [3.05, 3.63) is 77.6 Å². The van der Waals surface area contributed by atoms with E-state index in [9.17, 15) is 4.79 Å². The summed E-state index contributed by atoms with van der Waals surface area (Å²) in [6.45, 7) is 1.17. The van der Waals surface area contributed by atoms with Crippen LogP contribution in [0.5, 0.6) is 5.75 Å². The summed E-state index contributed by atoms with van der Waals surface area (Å²) >= 11 is 0. The number of imidazole rings is 1. The van der Waals surface area contributed by atoms with E-state index in [4.69, 9.17) is 4.74 Å². The summed E-state index contributed by atoms with van der Waals surface area (Å²) in [4.78, 5) is 26.5. The SMILES string of the molecule is COc1ccc(C2CN(C(=O)Cc3cccnc3)Cc3[nH]cnc32)cc1. The number of carbonyl (C=O) groups is 1. The van der Waals surface area contributed by atoms with Gasteiger partial charge >= 0.3 is 0 Å². The number of H-pyrrole nitrogens is 1. The zero-order chi connectivity index (χ0) is 17.9. The summed E-state index contributed by atoms with van der Waals surface area (Å²) in [5, 5.41) is 0. The van der Waals surface area contributed by atoms with E-state index in [-0.39, 0.29) is 11.8 Å². The Kier molecular flexibility index (Phi) is 4.39. The lowest BCUT2D eigenvalue weighted by atomic mass is 9.90. The predicted octanol–water partition coefficient (Wildman–Crippen LogP) is 2.53. The standard InChI is InChI=1S/C20H20N4O2/c1-26-16-6-4-15(5-7-16)17-11-24(12-18-20(17)23-13-22-18)19(25)9-14-3-2-8-21-10-14/h2-8,10,13,17H,9,11-12H2,1H3,(H,22,23). The average Bonchev–Trinajstić information content (AvgIpc) is 3.17. The number of carbonyl (C=O) groups excluding carboxylic acids is 1. The van der Waals surface area contributed by atoms with Gasteiger partial charge < -0.3 is 14.6 Å². The van der Waals surface area contributed by atoms with E-state index in [0.29, 0.717) is 19.5 Å². The first-order valence-electron chi connectivity index (χ1n) is 8.57. The summed E-state index contributed by atoms with van der Waals surface area (Å²) in [5.74, 6) is 0.960. The van der Waals surface area contributed by atoms with Crippen LogP contribution in [0.25, 0.3) is 0 Å². The van der Waals surface area contributed by atoms with E-state index in [1.54, 1.807) is 25.8 Å². The van der Waals surface area contributed by atoms with Crippen LogP contribution in [-0.4, -0.2) is 39.4 Å². The Morgan fingerprint density at radius 2 is 2.15 bits per heavy atom. The lowest BCUT2D eigenvalue weighted by Crippen LogP contribution is -2.39. The molecule has 6 nitrogen and oxygen atoms in total. The molecule has 0 spiro atoms. The molecule has 0 saturated carbocycles. The van der Waals surface area contributed by atoms with Gasteiger partial charge in [0.2, 0.25) is 5.91 Å². The number of nitrogens with zero attached hydrogens (tertiary/aromatic N) is 3. The molecule has 0 aliphatic carbocycles. The third-order valence-electron chi connectivity index (χ3n) is 4.78. The van der Waals surface area contributed by atoms with E-state index in [0.717, 1.165) is 28.3 Å². The molecular weight excluding hydrogens is 328 g/mol. The molecule has 1 amide bonds. The average molecular weight is 348 g/mol. The van der Waals surface area contributed by atoms with Crippen LogP contribution in [0.1, 0.15) is 28.4 Å². The van der Waals surface area contributed by atoms with Crippen LogP contribution >= 0.6 is 0 Å². The highest BCUT2D eigenvalue weighted by atomic mass is 16.5. The molecular formula is C20H20N4O2. The normalized spacial score (nSPS) is 16.2. The Hall–Kier alpha value is -3.15. The summed E-state index contributed by atoms with van der Waals surface area (Å²) in [5.41, 5.74) is 4.06. The number of pyridine rings is 1. The van der Waals surface area contributed by atoms with Gasteiger partial charge in [-0.2, -0.15) is 0 Å². The van der Waals surface area contributed by atoms with Crippen LogP contribution in [0, 0.1) is 0 Å². The molecule has 0 bridgehead atoms. The van der Waals surface area contributed by atoms with Crippen LogP contribution in [0.2, 0.25) is 0 Å². The van der Waals surface area contributed by atoms with E-state index in [2.05, 4.69) is 15.0 Å². The summed E-state index contributed by atoms with van der Waals surface area (Å²) in [7, 11) is 1.65. The first-order valence-corrected chi connectivity index (χ1v) is 8.57. The Labute approximate surface area is 151 Å². The van der Waals surface area contributed by atoms with E-state index < -0.39 is 0 Å². The molecule has 4 rings (SSSR count). The molecule has 1 aliphatic heterocycles. The lowest BCUT2D eigenvalue weighted by molar-refractivity contribution is -0.131. The maximum Gasteiger partial charge on any atom is 0.227 e. The smallest absolute Gasteiger partial charge is 0.227 e. The number of aromatic amines is 1. The van der Waals surface area contributed by atoms with Gasteiger partial charge in [0.05, 0.1) is 37.8 Å².